The summed E-state index contributed by atoms with van der Waals surface area (Å²) >= 11 is 0. The molecule has 1 heterocycles. The van der Waals surface area contributed by atoms with Gasteiger partial charge in [0.15, 0.2) is 0 Å². The summed E-state index contributed by atoms with van der Waals surface area (Å²) < 4.78 is 0. The third kappa shape index (κ3) is 3.58. The van der Waals surface area contributed by atoms with Gasteiger partial charge >= 0.3 is 0 Å². The molecular weight excluding hydrogens is 264 g/mol. The number of benzene rings is 1. The zero-order chi connectivity index (χ0) is 15.2. The number of carbonyl (C=O) groups excluding carboxylic acids is 1. The molecule has 110 valence electrons. The number of pyridine rings is 1. The van der Waals surface area contributed by atoms with Gasteiger partial charge in [0.05, 0.1) is 5.69 Å². The maximum atomic E-state index is 12.6. The van der Waals surface area contributed by atoms with E-state index in [9.17, 15) is 4.79 Å². The molecule has 0 unspecified atom stereocenters. The fourth-order valence-electron chi connectivity index (χ4n) is 2.18. The number of aryl methyl sites for hydroxylation is 1. The number of carbonyl (C=O) groups is 1. The number of hydrogen-bond donors (Lipinski definition) is 2. The van der Waals surface area contributed by atoms with Gasteiger partial charge in [-0.15, -0.1) is 0 Å². The highest BCUT2D eigenvalue weighted by molar-refractivity contribution is 5.94. The molecule has 1 amide bonds. The Morgan fingerprint density at radius 2 is 2.00 bits per heavy atom. The molecule has 1 aromatic heterocycles. The fourth-order valence-corrected chi connectivity index (χ4v) is 2.18. The quantitative estimate of drug-likeness (QED) is 0.653. The average molecular weight is 284 g/mol. The van der Waals surface area contributed by atoms with Gasteiger partial charge in [0.1, 0.15) is 0 Å². The molecule has 5 nitrogen and oxygen atoms in total. The minimum absolute atomic E-state index is 0.0148. The Hall–Kier alpha value is -2.40. The molecule has 1 aromatic carbocycles. The zero-order valence-electron chi connectivity index (χ0n) is 12.3. The van der Waals surface area contributed by atoms with Gasteiger partial charge in [0, 0.05) is 31.0 Å². The molecule has 0 saturated carbocycles. The highest BCUT2D eigenvalue weighted by Crippen LogP contribution is 2.17. The summed E-state index contributed by atoms with van der Waals surface area (Å²) in [5.74, 6) is 5.43. The standard InChI is InChI=1S/C16H20N4O/c1-3-20(11-13-6-8-18-9-7-13)16(21)14-4-5-15(19-17)12(2)10-14/h4-10,19H,3,11,17H2,1-2H3. The molecule has 21 heavy (non-hydrogen) atoms. The van der Waals surface area contributed by atoms with Crippen molar-refractivity contribution in [3.05, 3.63) is 59.4 Å². The van der Waals surface area contributed by atoms with E-state index in [1.54, 1.807) is 23.4 Å². The van der Waals surface area contributed by atoms with Crippen molar-refractivity contribution in [3.8, 4) is 0 Å². The normalized spacial score (nSPS) is 10.2. The summed E-state index contributed by atoms with van der Waals surface area (Å²) in [7, 11) is 0. The van der Waals surface area contributed by atoms with Crippen LogP contribution in [-0.2, 0) is 6.54 Å². The maximum Gasteiger partial charge on any atom is 0.254 e. The van der Waals surface area contributed by atoms with Crippen molar-refractivity contribution in [2.24, 2.45) is 5.84 Å². The van der Waals surface area contributed by atoms with Gasteiger partial charge in [-0.2, -0.15) is 0 Å². The van der Waals surface area contributed by atoms with Crippen molar-refractivity contribution in [2.75, 3.05) is 12.0 Å². The van der Waals surface area contributed by atoms with Gasteiger partial charge in [-0.3, -0.25) is 15.6 Å². The van der Waals surface area contributed by atoms with E-state index in [1.165, 1.54) is 0 Å². The Morgan fingerprint density at radius 3 is 2.57 bits per heavy atom. The Bertz CT molecular complexity index is 613. The highest BCUT2D eigenvalue weighted by Gasteiger charge is 2.15. The summed E-state index contributed by atoms with van der Waals surface area (Å²) in [6.45, 7) is 5.12. The lowest BCUT2D eigenvalue weighted by Crippen LogP contribution is -2.30. The molecule has 0 saturated heterocycles. The lowest BCUT2D eigenvalue weighted by Gasteiger charge is -2.21. The molecule has 2 rings (SSSR count). The molecule has 0 aliphatic heterocycles. The van der Waals surface area contributed by atoms with Crippen LogP contribution in [0.25, 0.3) is 0 Å². The minimum atomic E-state index is 0.0148. The average Bonchev–Trinajstić information content (AvgIpc) is 2.53. The number of amides is 1. The number of rotatable bonds is 5. The molecular formula is C16H20N4O. The van der Waals surface area contributed by atoms with Gasteiger partial charge < -0.3 is 10.3 Å². The van der Waals surface area contributed by atoms with Crippen LogP contribution in [0.3, 0.4) is 0 Å². The van der Waals surface area contributed by atoms with Crippen LogP contribution < -0.4 is 11.3 Å². The first-order valence-corrected chi connectivity index (χ1v) is 6.91. The van der Waals surface area contributed by atoms with E-state index in [1.807, 2.05) is 38.1 Å². The van der Waals surface area contributed by atoms with Crippen LogP contribution in [0.4, 0.5) is 5.69 Å². The van der Waals surface area contributed by atoms with Crippen molar-refractivity contribution in [3.63, 3.8) is 0 Å². The lowest BCUT2D eigenvalue weighted by molar-refractivity contribution is 0.0752. The first-order chi connectivity index (χ1) is 10.2. The van der Waals surface area contributed by atoms with Crippen LogP contribution in [0.15, 0.2) is 42.7 Å². The van der Waals surface area contributed by atoms with E-state index >= 15 is 0 Å². The molecule has 0 fully saturated rings. The number of nitrogen functional groups attached to an aromatic ring is 1. The van der Waals surface area contributed by atoms with Crippen LogP contribution in [0.5, 0.6) is 0 Å². The smallest absolute Gasteiger partial charge is 0.254 e. The Kier molecular flexibility index (Phi) is 4.90. The van der Waals surface area contributed by atoms with Crippen molar-refractivity contribution >= 4 is 11.6 Å². The van der Waals surface area contributed by atoms with E-state index in [-0.39, 0.29) is 5.91 Å². The first-order valence-electron chi connectivity index (χ1n) is 6.91. The number of nitrogens with two attached hydrogens (primary N) is 1. The zero-order valence-corrected chi connectivity index (χ0v) is 12.3. The van der Waals surface area contributed by atoms with Crippen molar-refractivity contribution in [1.82, 2.24) is 9.88 Å². The molecule has 0 bridgehead atoms. The van der Waals surface area contributed by atoms with Crippen molar-refractivity contribution in [1.29, 1.82) is 0 Å². The summed E-state index contributed by atoms with van der Waals surface area (Å²) in [4.78, 5) is 18.4. The molecule has 0 aliphatic rings. The van der Waals surface area contributed by atoms with Crippen LogP contribution in [0.2, 0.25) is 0 Å². The Labute approximate surface area is 124 Å². The topological polar surface area (TPSA) is 71.2 Å². The molecule has 0 radical (unpaired) electrons. The van der Waals surface area contributed by atoms with Gasteiger partial charge in [-0.05, 0) is 55.3 Å². The third-order valence-corrected chi connectivity index (χ3v) is 3.42. The SMILES string of the molecule is CCN(Cc1ccncc1)C(=O)c1ccc(NN)c(C)c1. The van der Waals surface area contributed by atoms with Gasteiger partial charge in [-0.25, -0.2) is 0 Å². The maximum absolute atomic E-state index is 12.6. The Balaban J connectivity index is 2.18. The Morgan fingerprint density at radius 1 is 1.29 bits per heavy atom. The van der Waals surface area contributed by atoms with E-state index in [4.69, 9.17) is 5.84 Å². The molecule has 3 N–H and O–H groups in total. The molecule has 2 aromatic rings. The second-order valence-corrected chi connectivity index (χ2v) is 4.85. The van der Waals surface area contributed by atoms with E-state index in [0.29, 0.717) is 18.7 Å². The number of anilines is 1. The van der Waals surface area contributed by atoms with Crippen LogP contribution >= 0.6 is 0 Å². The predicted octanol–water partition coefficient (Wildman–Crippen LogP) is 2.34. The van der Waals surface area contributed by atoms with Crippen LogP contribution in [0.1, 0.15) is 28.4 Å². The summed E-state index contributed by atoms with van der Waals surface area (Å²) in [6, 6.07) is 9.31. The monoisotopic (exact) mass is 284 g/mol. The summed E-state index contributed by atoms with van der Waals surface area (Å²) in [5.41, 5.74) is 6.12. The highest BCUT2D eigenvalue weighted by atomic mass is 16.2. The third-order valence-electron chi connectivity index (χ3n) is 3.42. The van der Waals surface area contributed by atoms with Crippen LogP contribution in [0, 0.1) is 6.92 Å². The minimum Gasteiger partial charge on any atom is -0.335 e. The molecule has 5 heteroatoms. The fraction of sp³-hybridized carbons (Fsp3) is 0.250. The second-order valence-electron chi connectivity index (χ2n) is 4.85. The number of hydrazine groups is 1. The van der Waals surface area contributed by atoms with Gasteiger partial charge in [0.2, 0.25) is 0 Å². The predicted molar refractivity (Wildman–Crippen MR) is 83.6 cm³/mol. The number of hydrogen-bond acceptors (Lipinski definition) is 4. The lowest BCUT2D eigenvalue weighted by atomic mass is 10.1. The summed E-state index contributed by atoms with van der Waals surface area (Å²) in [5, 5.41) is 0. The number of nitrogens with zero attached hydrogens (tertiary/aromatic N) is 2. The molecule has 0 aliphatic carbocycles. The van der Waals surface area contributed by atoms with E-state index < -0.39 is 0 Å². The molecule has 0 spiro atoms. The number of nitrogens with one attached hydrogen (secondary N) is 1. The first kappa shape index (κ1) is 15.0. The van der Waals surface area contributed by atoms with E-state index in [0.717, 1.165) is 16.8 Å². The summed E-state index contributed by atoms with van der Waals surface area (Å²) in [6.07, 6.45) is 3.47. The molecule has 0 atom stereocenters. The van der Waals surface area contributed by atoms with Gasteiger partial charge in [-0.1, -0.05) is 0 Å². The van der Waals surface area contributed by atoms with Crippen molar-refractivity contribution < 1.29 is 4.79 Å². The van der Waals surface area contributed by atoms with Gasteiger partial charge in [0.25, 0.3) is 5.91 Å². The van der Waals surface area contributed by atoms with Crippen LogP contribution in [-0.4, -0.2) is 22.3 Å². The number of aromatic nitrogens is 1. The largest absolute Gasteiger partial charge is 0.335 e. The van der Waals surface area contributed by atoms with E-state index in [2.05, 4.69) is 10.4 Å². The second kappa shape index (κ2) is 6.85. The van der Waals surface area contributed by atoms with Crippen molar-refractivity contribution in [2.45, 2.75) is 20.4 Å².